The Balaban J connectivity index is 2.38. The maximum Gasteiger partial charge on any atom is 0.326 e. The molecule has 0 spiro atoms. The van der Waals surface area contributed by atoms with Crippen molar-refractivity contribution in [2.45, 2.75) is 166 Å². The van der Waals surface area contributed by atoms with Gasteiger partial charge in [-0.05, 0) is 81.3 Å². The van der Waals surface area contributed by atoms with Crippen molar-refractivity contribution in [3.63, 3.8) is 0 Å². The summed E-state index contributed by atoms with van der Waals surface area (Å²) < 4.78 is 0. The fourth-order valence-corrected chi connectivity index (χ4v) is 8.43. The predicted molar refractivity (Wildman–Crippen MR) is 277 cm³/mol. The zero-order chi connectivity index (χ0) is 57.4. The molecule has 1 aromatic carbocycles. The molecule has 1 aliphatic heterocycles. The second-order valence-electron chi connectivity index (χ2n) is 19.4. The van der Waals surface area contributed by atoms with E-state index in [1.54, 1.807) is 64.3 Å². The minimum absolute atomic E-state index is 0.00268. The number of carboxylic acids is 2. The summed E-state index contributed by atoms with van der Waals surface area (Å²) in [6.45, 7) is 8.22. The highest BCUT2D eigenvalue weighted by molar-refractivity contribution is 7.98. The molecule has 0 bridgehead atoms. The lowest BCUT2D eigenvalue weighted by molar-refractivity contribution is -0.142. The molecule has 424 valence electrons. The minimum atomic E-state index is -1.87. The highest BCUT2D eigenvalue weighted by atomic mass is 32.2. The summed E-state index contributed by atoms with van der Waals surface area (Å²) in [5, 5.41) is 47.3. The first-order chi connectivity index (χ1) is 35.7. The molecule has 0 aliphatic carbocycles. The molecule has 1 aromatic rings. The van der Waals surface area contributed by atoms with E-state index in [4.69, 9.17) is 17.2 Å². The normalized spacial score (nSPS) is 16.8. The topological polar surface area (TPSA) is 431 Å². The number of carbonyl (C=O) groups is 12. The van der Waals surface area contributed by atoms with Crippen molar-refractivity contribution in [2.75, 3.05) is 18.6 Å². The van der Waals surface area contributed by atoms with E-state index in [9.17, 15) is 72.9 Å². The number of nitrogens with one attached hydrogen (secondary N) is 7. The lowest BCUT2D eigenvalue weighted by atomic mass is 10.0. The van der Waals surface area contributed by atoms with Crippen LogP contribution in [0.1, 0.15) is 104 Å². The van der Waals surface area contributed by atoms with Crippen LogP contribution < -0.4 is 54.4 Å². The number of carboxylic acid groups (broad SMARTS) is 2. The number of hydrogen-bond acceptors (Lipinski definition) is 15. The van der Waals surface area contributed by atoms with Gasteiger partial charge >= 0.3 is 11.9 Å². The third-order valence-electron chi connectivity index (χ3n) is 12.3. The van der Waals surface area contributed by atoms with Crippen molar-refractivity contribution >= 4 is 82.8 Å². The van der Waals surface area contributed by atoms with Gasteiger partial charge in [-0.3, -0.25) is 52.7 Å². The summed E-state index contributed by atoms with van der Waals surface area (Å²) in [5.74, 6) is -12.1. The van der Waals surface area contributed by atoms with Crippen LogP contribution in [0.3, 0.4) is 0 Å². The lowest BCUT2D eigenvalue weighted by Gasteiger charge is -2.30. The van der Waals surface area contributed by atoms with Gasteiger partial charge in [-0.2, -0.15) is 11.8 Å². The molecule has 0 radical (unpaired) electrons. The molecule has 2 rings (SSSR count). The number of carbonyl (C=O) groups excluding carboxylic acids is 10. The van der Waals surface area contributed by atoms with Gasteiger partial charge in [-0.15, -0.1) is 0 Å². The molecule has 0 saturated carbocycles. The van der Waals surface area contributed by atoms with Gasteiger partial charge in [0.1, 0.15) is 48.3 Å². The summed E-state index contributed by atoms with van der Waals surface area (Å²) in [5.41, 5.74) is 17.4. The smallest absolute Gasteiger partial charge is 0.326 e. The van der Waals surface area contributed by atoms with Crippen LogP contribution in [0, 0.1) is 11.8 Å². The van der Waals surface area contributed by atoms with Crippen molar-refractivity contribution in [3.05, 3.63) is 35.9 Å². The number of rotatable bonds is 34. The van der Waals surface area contributed by atoms with E-state index in [-0.39, 0.29) is 44.1 Å². The van der Waals surface area contributed by atoms with Crippen LogP contribution in [0.4, 0.5) is 0 Å². The van der Waals surface area contributed by atoms with Gasteiger partial charge in [0.2, 0.25) is 59.1 Å². The van der Waals surface area contributed by atoms with E-state index in [2.05, 4.69) is 37.2 Å². The molecule has 26 nitrogen and oxygen atoms in total. The molecule has 1 heterocycles. The Bertz CT molecular complexity index is 2200. The molecule has 1 fully saturated rings. The lowest BCUT2D eigenvalue weighted by Crippen LogP contribution is -2.62. The average Bonchev–Trinajstić information content (AvgIpc) is 3.85. The fourth-order valence-electron chi connectivity index (χ4n) is 7.96. The zero-order valence-corrected chi connectivity index (χ0v) is 44.7. The Morgan fingerprint density at radius 1 is 0.632 bits per heavy atom. The summed E-state index contributed by atoms with van der Waals surface area (Å²) in [6, 6.07) is -4.42. The molecule has 10 amide bonds. The Morgan fingerprint density at radius 2 is 1.09 bits per heavy atom. The first kappa shape index (κ1) is 65.2. The predicted octanol–water partition coefficient (Wildman–Crippen LogP) is -2.74. The van der Waals surface area contributed by atoms with Crippen LogP contribution in [-0.2, 0) is 64.0 Å². The third-order valence-corrected chi connectivity index (χ3v) is 12.9. The molecule has 10 atom stereocenters. The highest BCUT2D eigenvalue weighted by Crippen LogP contribution is 2.21. The van der Waals surface area contributed by atoms with Crippen LogP contribution in [-0.4, -0.2) is 170 Å². The van der Waals surface area contributed by atoms with Crippen molar-refractivity contribution in [2.24, 2.45) is 29.0 Å². The van der Waals surface area contributed by atoms with Crippen LogP contribution >= 0.6 is 11.8 Å². The van der Waals surface area contributed by atoms with Gasteiger partial charge in [-0.25, -0.2) is 4.79 Å². The monoisotopic (exact) mass is 1090 g/mol. The molecular formula is C49H77N11O15S. The van der Waals surface area contributed by atoms with Gasteiger partial charge in [0, 0.05) is 32.2 Å². The van der Waals surface area contributed by atoms with Crippen LogP contribution in [0.2, 0.25) is 0 Å². The number of nitrogens with zero attached hydrogens (tertiary/aromatic N) is 1. The van der Waals surface area contributed by atoms with E-state index < -0.39 is 170 Å². The number of aliphatic hydroxyl groups is 1. The van der Waals surface area contributed by atoms with Gasteiger partial charge < -0.3 is 74.6 Å². The number of aliphatic hydroxyl groups excluding tert-OH is 1. The number of primary amides is 2. The van der Waals surface area contributed by atoms with Gasteiger partial charge in [0.25, 0.3) is 0 Å². The number of nitrogens with two attached hydrogens (primary N) is 3. The van der Waals surface area contributed by atoms with E-state index >= 15 is 0 Å². The van der Waals surface area contributed by atoms with E-state index in [1.807, 2.05) is 0 Å². The molecule has 0 aromatic heterocycles. The molecular weight excluding hydrogens is 1010 g/mol. The largest absolute Gasteiger partial charge is 0.481 e. The Morgan fingerprint density at radius 3 is 1.55 bits per heavy atom. The summed E-state index contributed by atoms with van der Waals surface area (Å²) >= 11 is 1.31. The Labute approximate surface area is 445 Å². The quantitative estimate of drug-likeness (QED) is 0.0333. The molecule has 1 saturated heterocycles. The molecule has 16 N–H and O–H groups in total. The number of benzene rings is 1. The Hall–Kier alpha value is -6.87. The van der Waals surface area contributed by atoms with Gasteiger partial charge in [0.15, 0.2) is 0 Å². The zero-order valence-electron chi connectivity index (χ0n) is 43.8. The van der Waals surface area contributed by atoms with Crippen molar-refractivity contribution in [1.29, 1.82) is 0 Å². The summed E-state index contributed by atoms with van der Waals surface area (Å²) in [6.07, 6.45) is -2.40. The van der Waals surface area contributed by atoms with Crippen molar-refractivity contribution in [3.8, 4) is 0 Å². The highest BCUT2D eigenvalue weighted by Gasteiger charge is 2.40. The maximum absolute atomic E-state index is 14.0. The maximum atomic E-state index is 14.0. The van der Waals surface area contributed by atoms with Gasteiger partial charge in [0.05, 0.1) is 12.1 Å². The van der Waals surface area contributed by atoms with Gasteiger partial charge in [-0.1, -0.05) is 58.0 Å². The molecule has 27 heteroatoms. The minimum Gasteiger partial charge on any atom is -0.481 e. The van der Waals surface area contributed by atoms with E-state index in [0.29, 0.717) is 17.7 Å². The number of amides is 10. The van der Waals surface area contributed by atoms with E-state index in [1.165, 1.54) is 16.7 Å². The molecule has 0 unspecified atom stereocenters. The SMILES string of the molecule is CSCC[C@H](NC(=O)[C@H](CCC(N)=O)NC(=O)[C@H](CCC(N)=O)NC(=O)[C@@H](NC(=O)[C@H](CC(C)C)NC(=O)[C@H](CCC(=O)O)NC(=O)[C@@H]1CCCN1C(=O)[C@@H](N)C(C)C)[C@@H](C)O)C(=O)N[C@@H](Cc1ccccc1)C(=O)O. The number of thioether (sulfide) groups is 1. The first-order valence-corrected chi connectivity index (χ1v) is 26.5. The van der Waals surface area contributed by atoms with Crippen LogP contribution in [0.15, 0.2) is 30.3 Å². The third kappa shape index (κ3) is 22.5. The summed E-state index contributed by atoms with van der Waals surface area (Å²) in [4.78, 5) is 159. The second-order valence-corrected chi connectivity index (χ2v) is 20.4. The summed E-state index contributed by atoms with van der Waals surface area (Å²) in [7, 11) is 0. The van der Waals surface area contributed by atoms with Crippen molar-refractivity contribution < 1.29 is 72.9 Å². The van der Waals surface area contributed by atoms with Crippen LogP contribution in [0.5, 0.6) is 0 Å². The van der Waals surface area contributed by atoms with Crippen LogP contribution in [0.25, 0.3) is 0 Å². The fraction of sp³-hybridized carbons (Fsp3) is 0.633. The standard InChI is InChI=1S/C49H77N11O15S/c1-25(2)23-33(57-43(68)31(16-19-38(64)65)55-46(71)35-13-10-21-60(35)48(73)39(52)26(3)4)45(70)59-40(27(5)61)47(72)56-30(15-18-37(51)63)42(67)53-29(14-17-36(50)62)41(66)54-32(20-22-76-6)44(69)58-34(49(74)75)24-28-11-8-7-9-12-28/h7-9,11-12,25-27,29-35,39-40,61H,10,13-24,52H2,1-6H3,(H2,50,62)(H2,51,63)(H,53,67)(H,54,66)(H,55,71)(H,56,72)(H,57,68)(H,58,69)(H,59,70)(H,64,65)(H,74,75)/t27-,29+,30+,31+,32+,33+,34+,35+,39+,40+/m1/s1. The second kappa shape index (κ2) is 32.5. The van der Waals surface area contributed by atoms with E-state index in [0.717, 1.165) is 6.92 Å². The molecule has 76 heavy (non-hydrogen) atoms. The Kier molecular flexibility index (Phi) is 27.9. The number of aliphatic carboxylic acids is 2. The molecule has 1 aliphatic rings. The number of likely N-dealkylation sites (tertiary alicyclic amines) is 1. The number of hydrogen-bond donors (Lipinski definition) is 13. The van der Waals surface area contributed by atoms with Crippen molar-refractivity contribution in [1.82, 2.24) is 42.1 Å². The average molecular weight is 1090 g/mol. The first-order valence-electron chi connectivity index (χ1n) is 25.1.